The Balaban J connectivity index is 1.88. The van der Waals surface area contributed by atoms with E-state index in [1.807, 2.05) is 6.92 Å². The quantitative estimate of drug-likeness (QED) is 0.158. The molecule has 1 aliphatic rings. The summed E-state index contributed by atoms with van der Waals surface area (Å²) < 4.78 is 81.2. The number of aromatic nitrogens is 2. The lowest BCUT2D eigenvalue weighted by Crippen LogP contribution is -2.42. The highest BCUT2D eigenvalue weighted by Crippen LogP contribution is 2.42. The van der Waals surface area contributed by atoms with Crippen molar-refractivity contribution in [1.29, 1.82) is 0 Å². The second-order valence-electron chi connectivity index (χ2n) is 9.00. The Labute approximate surface area is 229 Å². The van der Waals surface area contributed by atoms with Crippen LogP contribution in [-0.2, 0) is 33.4 Å². The zero-order valence-corrected chi connectivity index (χ0v) is 21.9. The van der Waals surface area contributed by atoms with Gasteiger partial charge in [0.05, 0.1) is 6.04 Å². The monoisotopic (exact) mass is 600 g/mol. The molecule has 0 saturated carbocycles. The number of esters is 1. The van der Waals surface area contributed by atoms with Crippen LogP contribution in [0.2, 0.25) is 0 Å². The van der Waals surface area contributed by atoms with Gasteiger partial charge in [0.2, 0.25) is 12.1 Å². The number of unbranched alkanes of at least 4 members (excludes halogenated alkanes) is 2. The first kappa shape index (κ1) is 33.7. The molecule has 0 spiro atoms. The molecule has 3 N–H and O–H groups in total. The number of halogens is 5. The predicted molar refractivity (Wildman–Crippen MR) is 127 cm³/mol. The van der Waals surface area contributed by atoms with Crippen molar-refractivity contribution in [3.8, 4) is 0 Å². The maximum Gasteiger partial charge on any atom is 0.471 e. The minimum absolute atomic E-state index is 0.173. The number of nitrogens with one attached hydrogen (secondary N) is 2. The molecule has 13 nitrogen and oxygen atoms in total. The van der Waals surface area contributed by atoms with E-state index < -0.39 is 85.7 Å². The molecule has 230 valence electrons. The molecule has 4 atom stereocenters. The summed E-state index contributed by atoms with van der Waals surface area (Å²) in [7, 11) is 0. The van der Waals surface area contributed by atoms with E-state index in [0.29, 0.717) is 18.7 Å². The molecule has 1 unspecified atom stereocenters. The van der Waals surface area contributed by atoms with Gasteiger partial charge in [-0.1, -0.05) is 26.2 Å². The summed E-state index contributed by atoms with van der Waals surface area (Å²) in [6.07, 6.45) is -8.69. The fraction of sp³-hybridized carbons (Fsp3) is 0.652. The van der Waals surface area contributed by atoms with Crippen LogP contribution >= 0.6 is 0 Å². The molecule has 2 rings (SSSR count). The number of rotatable bonds is 14. The lowest BCUT2D eigenvalue weighted by atomic mass is 10.1. The molecule has 1 aromatic heterocycles. The van der Waals surface area contributed by atoms with E-state index in [1.165, 1.54) is 12.2 Å². The molecular weight excluding hydrogens is 571 g/mol. The molecular formula is C23H29F5N4O9. The number of aliphatic hydroxyl groups excluding tert-OH is 1. The van der Waals surface area contributed by atoms with Crippen LogP contribution in [0.15, 0.2) is 17.1 Å². The predicted octanol–water partition coefficient (Wildman–Crippen LogP) is 0.852. The molecule has 41 heavy (non-hydrogen) atoms. The zero-order chi connectivity index (χ0) is 31.0. The highest BCUT2D eigenvalue weighted by Gasteiger charge is 2.60. The number of hydrogen-bond acceptors (Lipinski definition) is 10. The van der Waals surface area contributed by atoms with E-state index >= 15 is 0 Å². The van der Waals surface area contributed by atoms with Gasteiger partial charge in [0, 0.05) is 6.20 Å². The fourth-order valence-corrected chi connectivity index (χ4v) is 3.61. The number of ketones is 1. The topological polar surface area (TPSA) is 175 Å². The van der Waals surface area contributed by atoms with E-state index in [0.717, 1.165) is 19.3 Å². The Hall–Kier alpha value is -3.51. The number of carbonyl (C=O) groups is 4. The lowest BCUT2D eigenvalue weighted by molar-refractivity contribution is -0.167. The first-order valence-electron chi connectivity index (χ1n) is 12.3. The summed E-state index contributed by atoms with van der Waals surface area (Å²) in [5.41, 5.74) is -1.54. The Kier molecular flexibility index (Phi) is 11.8. The summed E-state index contributed by atoms with van der Waals surface area (Å²) in [5, 5.41) is 13.7. The van der Waals surface area contributed by atoms with Crippen LogP contribution in [0.5, 0.6) is 0 Å². The number of nitrogens with zero attached hydrogens (tertiary/aromatic N) is 2. The average Bonchev–Trinajstić information content (AvgIpc) is 3.09. The third kappa shape index (κ3) is 9.53. The molecule has 0 radical (unpaired) electrons. The zero-order valence-electron chi connectivity index (χ0n) is 21.9. The van der Waals surface area contributed by atoms with Crippen molar-refractivity contribution >= 4 is 29.4 Å². The van der Waals surface area contributed by atoms with E-state index in [9.17, 15) is 51.0 Å². The molecule has 0 bridgehead atoms. The van der Waals surface area contributed by atoms with Crippen molar-refractivity contribution in [2.45, 2.75) is 76.1 Å². The number of carbonyl (C=O) groups excluding carboxylic acids is 4. The first-order chi connectivity index (χ1) is 19.1. The molecule has 1 aliphatic heterocycles. The van der Waals surface area contributed by atoms with Gasteiger partial charge >= 0.3 is 29.7 Å². The summed E-state index contributed by atoms with van der Waals surface area (Å²) in [6, 6.07) is -0.0839. The lowest BCUT2D eigenvalue weighted by Gasteiger charge is -2.21. The van der Waals surface area contributed by atoms with Crippen LogP contribution in [0, 0.1) is 0 Å². The summed E-state index contributed by atoms with van der Waals surface area (Å²) in [5.74, 6) is -9.50. The molecule has 0 aliphatic carbocycles. The van der Waals surface area contributed by atoms with Crippen molar-refractivity contribution in [1.82, 2.24) is 14.9 Å². The Morgan fingerprint density at radius 3 is 2.49 bits per heavy atom. The Bertz CT molecular complexity index is 1160. The maximum atomic E-state index is 14.6. The second-order valence-corrected chi connectivity index (χ2v) is 9.00. The number of ether oxygens (including phenoxy) is 3. The van der Waals surface area contributed by atoms with Crippen molar-refractivity contribution in [2.75, 3.05) is 25.1 Å². The molecule has 1 saturated heterocycles. The van der Waals surface area contributed by atoms with Gasteiger partial charge in [-0.05, 0) is 19.4 Å². The normalized spacial score (nSPS) is 20.7. The molecule has 2 heterocycles. The van der Waals surface area contributed by atoms with Gasteiger partial charge in [0.25, 0.3) is 0 Å². The number of Topliss-reactive ketones (excluding diaryl/α,β-unsaturated/α-hetero) is 1. The van der Waals surface area contributed by atoms with Crippen LogP contribution in [0.1, 0.15) is 45.8 Å². The van der Waals surface area contributed by atoms with Gasteiger partial charge in [-0.15, -0.1) is 0 Å². The summed E-state index contributed by atoms with van der Waals surface area (Å²) in [6.45, 7) is 0.984. The van der Waals surface area contributed by atoms with E-state index in [-0.39, 0.29) is 10.4 Å². The van der Waals surface area contributed by atoms with Crippen LogP contribution < -0.4 is 16.3 Å². The third-order valence-corrected chi connectivity index (χ3v) is 5.75. The number of anilines is 1. The number of aliphatic hydroxyl groups is 1. The Morgan fingerprint density at radius 2 is 1.90 bits per heavy atom. The number of amides is 2. The van der Waals surface area contributed by atoms with Crippen LogP contribution in [0.25, 0.3) is 0 Å². The van der Waals surface area contributed by atoms with Gasteiger partial charge in [-0.3, -0.25) is 19.0 Å². The summed E-state index contributed by atoms with van der Waals surface area (Å²) in [4.78, 5) is 61.8. The van der Waals surface area contributed by atoms with E-state index in [2.05, 4.69) is 10.3 Å². The van der Waals surface area contributed by atoms with Crippen LogP contribution in [-0.4, -0.2) is 88.4 Å². The summed E-state index contributed by atoms with van der Waals surface area (Å²) >= 11 is 0. The standard InChI is InChI=1S/C23H29F5N4O9/c1-3-4-5-6-13(12(2)33)29-16(34)10-39-11-17(35)40-9-14-18(36)22(24,25)20(41-14)32-8-7-15(31-21(32)38)30-19(37)23(26,27)28/h7-8,13-14,18,20,36H,3-6,9-11H2,1-2H3,(H,29,34)(H,30,31,37,38)/t13?,14-,18+,20-/m1/s1. The van der Waals surface area contributed by atoms with E-state index in [4.69, 9.17) is 14.2 Å². The van der Waals surface area contributed by atoms with Crippen LogP contribution in [0.3, 0.4) is 0 Å². The third-order valence-electron chi connectivity index (χ3n) is 5.75. The average molecular weight is 600 g/mol. The largest absolute Gasteiger partial charge is 0.471 e. The van der Waals surface area contributed by atoms with E-state index in [1.54, 1.807) is 0 Å². The molecule has 2 amide bonds. The fourth-order valence-electron chi connectivity index (χ4n) is 3.61. The molecule has 0 aromatic carbocycles. The van der Waals surface area contributed by atoms with Gasteiger partial charge in [0.1, 0.15) is 31.7 Å². The van der Waals surface area contributed by atoms with Gasteiger partial charge in [0.15, 0.2) is 11.9 Å². The van der Waals surface area contributed by atoms with Crippen molar-refractivity contribution < 1.29 is 60.4 Å². The minimum atomic E-state index is -5.29. The molecule has 18 heteroatoms. The number of alkyl halides is 5. The smallest absolute Gasteiger partial charge is 0.461 e. The van der Waals surface area contributed by atoms with Crippen molar-refractivity contribution in [2.24, 2.45) is 0 Å². The number of hydrogen-bond donors (Lipinski definition) is 3. The van der Waals surface area contributed by atoms with Gasteiger partial charge in [-0.2, -0.15) is 26.9 Å². The highest BCUT2D eigenvalue weighted by molar-refractivity contribution is 5.94. The highest BCUT2D eigenvalue weighted by atomic mass is 19.4. The van der Waals surface area contributed by atoms with Crippen LogP contribution in [0.4, 0.5) is 27.8 Å². The maximum absolute atomic E-state index is 14.6. The SMILES string of the molecule is CCCCCC(NC(=O)COCC(=O)OC[C@H]1O[C@@H](n2ccc(NC(=O)C(F)(F)F)nc2=O)C(F)(F)[C@H]1O)C(C)=O. The minimum Gasteiger partial charge on any atom is -0.461 e. The van der Waals surface area contributed by atoms with Gasteiger partial charge in [-0.25, -0.2) is 9.59 Å². The Morgan fingerprint density at radius 1 is 1.22 bits per heavy atom. The van der Waals surface area contributed by atoms with Crippen molar-refractivity contribution in [3.63, 3.8) is 0 Å². The second kappa shape index (κ2) is 14.4. The molecule has 1 fully saturated rings. The first-order valence-corrected chi connectivity index (χ1v) is 12.3. The molecule has 1 aromatic rings. The van der Waals surface area contributed by atoms with Gasteiger partial charge < -0.3 is 30.0 Å². The van der Waals surface area contributed by atoms with Crippen molar-refractivity contribution in [3.05, 3.63) is 22.7 Å².